The molecule has 0 saturated heterocycles. The zero-order chi connectivity index (χ0) is 16.0. The van der Waals surface area contributed by atoms with Gasteiger partial charge in [0.25, 0.3) is 0 Å². The molecule has 1 atom stereocenters. The number of hydrogen-bond donors (Lipinski definition) is 3. The lowest BCUT2D eigenvalue weighted by Crippen LogP contribution is -2.44. The number of carbonyl (C=O) groups excluding carboxylic acids is 2. The van der Waals surface area contributed by atoms with Gasteiger partial charge in [-0.2, -0.15) is 0 Å². The Morgan fingerprint density at radius 1 is 1.05 bits per heavy atom. The van der Waals surface area contributed by atoms with Gasteiger partial charge in [-0.15, -0.1) is 0 Å². The van der Waals surface area contributed by atoms with E-state index in [-0.39, 0.29) is 12.5 Å². The lowest BCUT2D eigenvalue weighted by atomic mass is 10.0. The summed E-state index contributed by atoms with van der Waals surface area (Å²) in [5, 5.41) is 2.35. The van der Waals surface area contributed by atoms with E-state index in [9.17, 15) is 9.59 Å². The second-order valence-corrected chi connectivity index (χ2v) is 5.15. The van der Waals surface area contributed by atoms with Gasteiger partial charge in [0.2, 0.25) is 11.8 Å². The molecular formula is C14H33N3O2. The van der Waals surface area contributed by atoms with Crippen molar-refractivity contribution in [2.45, 2.75) is 60.9 Å². The van der Waals surface area contributed by atoms with E-state index in [0.717, 1.165) is 5.92 Å². The Balaban J connectivity index is -0.000000361. The highest BCUT2D eigenvalue weighted by atomic mass is 16.2. The van der Waals surface area contributed by atoms with Crippen LogP contribution >= 0.6 is 0 Å². The quantitative estimate of drug-likeness (QED) is 0.711. The zero-order valence-corrected chi connectivity index (χ0v) is 13.6. The van der Waals surface area contributed by atoms with E-state index >= 15 is 0 Å². The highest BCUT2D eigenvalue weighted by Gasteiger charge is 2.14. The van der Waals surface area contributed by atoms with Crippen molar-refractivity contribution in [2.24, 2.45) is 23.3 Å². The van der Waals surface area contributed by atoms with Gasteiger partial charge < -0.3 is 16.8 Å². The monoisotopic (exact) mass is 275 g/mol. The number of rotatable bonds is 5. The Kier molecular flexibility index (Phi) is 18.1. The third-order valence-electron chi connectivity index (χ3n) is 1.50. The Bertz CT molecular complexity index is 226. The second kappa shape index (κ2) is 15.0. The van der Waals surface area contributed by atoms with Crippen LogP contribution in [0.25, 0.3) is 0 Å². The number of nitrogens with two attached hydrogens (primary N) is 2. The molecule has 0 bridgehead atoms. The molecule has 5 N–H and O–H groups in total. The summed E-state index contributed by atoms with van der Waals surface area (Å²) in [6, 6.07) is -0.556. The summed E-state index contributed by atoms with van der Waals surface area (Å²) in [7, 11) is 0. The van der Waals surface area contributed by atoms with Gasteiger partial charge in [0.1, 0.15) is 0 Å². The summed E-state index contributed by atoms with van der Waals surface area (Å²) in [5.74, 6) is 0.298. The second-order valence-electron chi connectivity index (χ2n) is 5.15. The molecule has 0 radical (unpaired) electrons. The van der Waals surface area contributed by atoms with Gasteiger partial charge in [0.15, 0.2) is 0 Å². The maximum absolute atomic E-state index is 11.1. The van der Waals surface area contributed by atoms with E-state index in [0.29, 0.717) is 12.3 Å². The van der Waals surface area contributed by atoms with Crippen molar-refractivity contribution in [3.8, 4) is 0 Å². The summed E-state index contributed by atoms with van der Waals surface area (Å²) >= 11 is 0. The van der Waals surface area contributed by atoms with Gasteiger partial charge in [0, 0.05) is 0 Å². The normalized spacial score (nSPS) is 10.8. The Labute approximate surface area is 118 Å². The van der Waals surface area contributed by atoms with Crippen LogP contribution in [0.4, 0.5) is 0 Å². The summed E-state index contributed by atoms with van der Waals surface area (Å²) in [6.45, 7) is 14.3. The maximum atomic E-state index is 11.1. The molecule has 0 spiro atoms. The van der Waals surface area contributed by atoms with E-state index in [1.54, 1.807) is 0 Å². The summed E-state index contributed by atoms with van der Waals surface area (Å²) in [5.41, 5.74) is 10.4. The summed E-state index contributed by atoms with van der Waals surface area (Å²) < 4.78 is 0. The molecule has 0 fully saturated rings. The topological polar surface area (TPSA) is 98.2 Å². The zero-order valence-electron chi connectivity index (χ0n) is 13.6. The molecule has 2 amide bonds. The van der Waals surface area contributed by atoms with Gasteiger partial charge in [-0.25, -0.2) is 0 Å². The van der Waals surface area contributed by atoms with Crippen molar-refractivity contribution in [3.05, 3.63) is 0 Å². The number of amides is 2. The summed E-state index contributed by atoms with van der Waals surface area (Å²) in [6.07, 6.45) is 0.602. The third-order valence-corrected chi connectivity index (χ3v) is 1.50. The van der Waals surface area contributed by atoms with Crippen molar-refractivity contribution in [1.82, 2.24) is 5.32 Å². The first-order chi connectivity index (χ1) is 8.66. The minimum absolute atomic E-state index is 0.148. The molecular weight excluding hydrogens is 242 g/mol. The fourth-order valence-electron chi connectivity index (χ4n) is 0.920. The molecule has 19 heavy (non-hydrogen) atoms. The fourth-order valence-corrected chi connectivity index (χ4v) is 0.920. The predicted molar refractivity (Wildman–Crippen MR) is 81.5 cm³/mol. The van der Waals surface area contributed by atoms with E-state index in [2.05, 4.69) is 26.1 Å². The first kappa shape index (κ1) is 23.0. The molecule has 1 unspecified atom stereocenters. The fraction of sp³-hybridized carbons (Fsp3) is 0.857. The minimum Gasteiger partial charge on any atom is -0.368 e. The lowest BCUT2D eigenvalue weighted by molar-refractivity contribution is -0.125. The SMILES string of the molecule is CC.CC(C)C.CC(C)CC(N)C(=O)NCC(N)=O. The lowest BCUT2D eigenvalue weighted by Gasteiger charge is -2.12. The van der Waals surface area contributed by atoms with Crippen LogP contribution < -0.4 is 16.8 Å². The van der Waals surface area contributed by atoms with E-state index < -0.39 is 11.9 Å². The average Bonchev–Trinajstić information content (AvgIpc) is 2.26. The van der Waals surface area contributed by atoms with Crippen molar-refractivity contribution in [3.63, 3.8) is 0 Å². The van der Waals surface area contributed by atoms with Crippen LogP contribution in [0.5, 0.6) is 0 Å². The minimum atomic E-state index is -0.565. The van der Waals surface area contributed by atoms with E-state index in [1.165, 1.54) is 0 Å². The largest absolute Gasteiger partial charge is 0.368 e. The van der Waals surface area contributed by atoms with Gasteiger partial charge >= 0.3 is 0 Å². The third kappa shape index (κ3) is 26.5. The molecule has 0 aliphatic heterocycles. The molecule has 0 aliphatic rings. The highest BCUT2D eigenvalue weighted by Crippen LogP contribution is 2.01. The van der Waals surface area contributed by atoms with Crippen LogP contribution in [0.1, 0.15) is 54.9 Å². The van der Waals surface area contributed by atoms with Crippen LogP contribution in [0.3, 0.4) is 0 Å². The molecule has 0 saturated carbocycles. The molecule has 0 aromatic heterocycles. The van der Waals surface area contributed by atoms with Crippen LogP contribution in [-0.4, -0.2) is 24.4 Å². The van der Waals surface area contributed by atoms with E-state index in [4.69, 9.17) is 11.5 Å². The number of carbonyl (C=O) groups is 2. The first-order valence-electron chi connectivity index (χ1n) is 6.98. The number of primary amides is 1. The molecule has 0 rings (SSSR count). The highest BCUT2D eigenvalue weighted by molar-refractivity contribution is 5.86. The van der Waals surface area contributed by atoms with Crippen molar-refractivity contribution in [1.29, 1.82) is 0 Å². The molecule has 116 valence electrons. The van der Waals surface area contributed by atoms with Crippen LogP contribution in [0, 0.1) is 11.8 Å². The van der Waals surface area contributed by atoms with Crippen molar-refractivity contribution < 1.29 is 9.59 Å². The smallest absolute Gasteiger partial charge is 0.237 e. The molecule has 0 heterocycles. The predicted octanol–water partition coefficient (Wildman–Crippen LogP) is 1.65. The van der Waals surface area contributed by atoms with E-state index in [1.807, 2.05) is 27.7 Å². The average molecular weight is 275 g/mol. The van der Waals surface area contributed by atoms with Gasteiger partial charge in [-0.3, -0.25) is 9.59 Å². The van der Waals surface area contributed by atoms with Gasteiger partial charge in [0.05, 0.1) is 12.6 Å². The van der Waals surface area contributed by atoms with Crippen molar-refractivity contribution in [2.75, 3.05) is 6.54 Å². The molecule has 0 aliphatic carbocycles. The number of nitrogens with one attached hydrogen (secondary N) is 1. The molecule has 0 aromatic rings. The van der Waals surface area contributed by atoms with Crippen molar-refractivity contribution >= 4 is 11.8 Å². The summed E-state index contributed by atoms with van der Waals surface area (Å²) in [4.78, 5) is 21.5. The van der Waals surface area contributed by atoms with Gasteiger partial charge in [-0.05, 0) is 18.3 Å². The van der Waals surface area contributed by atoms with Gasteiger partial charge in [-0.1, -0.05) is 48.5 Å². The number of hydrogen-bond acceptors (Lipinski definition) is 3. The Morgan fingerprint density at radius 3 is 1.68 bits per heavy atom. The maximum Gasteiger partial charge on any atom is 0.237 e. The van der Waals surface area contributed by atoms with Crippen LogP contribution in [-0.2, 0) is 9.59 Å². The Morgan fingerprint density at radius 2 is 1.42 bits per heavy atom. The molecule has 5 heteroatoms. The van der Waals surface area contributed by atoms with Crippen LogP contribution in [0.2, 0.25) is 0 Å². The standard InChI is InChI=1S/C8H17N3O2.C4H10.C2H6/c1-5(2)3-6(9)8(13)11-4-7(10)12;1-4(2)3;1-2/h5-6H,3-4,9H2,1-2H3,(H2,10,12)(H,11,13);4H,1-3H3;1-2H3. The first-order valence-corrected chi connectivity index (χ1v) is 6.98. The molecule has 5 nitrogen and oxygen atoms in total. The van der Waals surface area contributed by atoms with Crippen LogP contribution in [0.15, 0.2) is 0 Å². The Hall–Kier alpha value is -1.10. The molecule has 0 aromatic carbocycles.